The van der Waals surface area contributed by atoms with E-state index in [2.05, 4.69) is 0 Å². The fraction of sp³-hybridized carbons (Fsp3) is 0.909. The average molecular weight is 277 g/mol. The molecule has 0 aromatic carbocycles. The van der Waals surface area contributed by atoms with Crippen LogP contribution in [0.3, 0.4) is 0 Å². The molecule has 0 saturated carbocycles. The number of ether oxygens (including phenoxy) is 1. The minimum atomic E-state index is -3.07. The lowest BCUT2D eigenvalue weighted by Crippen LogP contribution is -2.52. The van der Waals surface area contributed by atoms with E-state index in [0.717, 1.165) is 12.8 Å². The zero-order valence-electron chi connectivity index (χ0n) is 10.2. The van der Waals surface area contributed by atoms with Crippen LogP contribution in [0.2, 0.25) is 0 Å². The van der Waals surface area contributed by atoms with E-state index >= 15 is 0 Å². The molecule has 2 aliphatic rings. The molecule has 0 aromatic rings. The highest BCUT2D eigenvalue weighted by molar-refractivity contribution is 7.92. The summed E-state index contributed by atoms with van der Waals surface area (Å²) in [5.74, 6) is 0.0278. The van der Waals surface area contributed by atoms with Gasteiger partial charge >= 0.3 is 0 Å². The van der Waals surface area contributed by atoms with Gasteiger partial charge in [-0.15, -0.1) is 0 Å². The predicted molar refractivity (Wildman–Crippen MR) is 64.8 cm³/mol. The Bertz CT molecular complexity index is 408. The Morgan fingerprint density at radius 1 is 1.39 bits per heavy atom. The number of hydrogen-bond acceptors (Lipinski definition) is 5. The Morgan fingerprint density at radius 3 is 2.83 bits per heavy atom. The molecule has 7 heteroatoms. The fourth-order valence-corrected chi connectivity index (χ4v) is 4.31. The Balaban J connectivity index is 2.00. The summed E-state index contributed by atoms with van der Waals surface area (Å²) in [6, 6.07) is 0. The zero-order valence-corrected chi connectivity index (χ0v) is 11.1. The predicted octanol–water partition coefficient (Wildman–Crippen LogP) is -0.827. The molecule has 2 saturated heterocycles. The standard InChI is InChI=1S/C11H19NO5S/c13-7-9-5-12(11(14)8-17-9)6-10-3-1-2-4-18(10,15)16/h9-10,13H,1-8H2. The number of aliphatic hydroxyl groups excluding tert-OH is 1. The number of aliphatic hydroxyl groups is 1. The van der Waals surface area contributed by atoms with E-state index in [4.69, 9.17) is 9.84 Å². The van der Waals surface area contributed by atoms with E-state index in [9.17, 15) is 13.2 Å². The monoisotopic (exact) mass is 277 g/mol. The van der Waals surface area contributed by atoms with Crippen LogP contribution < -0.4 is 0 Å². The smallest absolute Gasteiger partial charge is 0.248 e. The second-order valence-electron chi connectivity index (χ2n) is 4.90. The van der Waals surface area contributed by atoms with Crippen molar-refractivity contribution in [2.45, 2.75) is 30.6 Å². The van der Waals surface area contributed by atoms with Gasteiger partial charge in [-0.25, -0.2) is 8.42 Å². The van der Waals surface area contributed by atoms with E-state index in [0.29, 0.717) is 6.42 Å². The first-order valence-electron chi connectivity index (χ1n) is 6.25. The van der Waals surface area contributed by atoms with Crippen molar-refractivity contribution < 1.29 is 23.1 Å². The van der Waals surface area contributed by atoms with Crippen LogP contribution in [0.4, 0.5) is 0 Å². The van der Waals surface area contributed by atoms with Crippen LogP contribution >= 0.6 is 0 Å². The van der Waals surface area contributed by atoms with Gasteiger partial charge in [0.05, 0.1) is 23.7 Å². The Hall–Kier alpha value is -0.660. The van der Waals surface area contributed by atoms with Crippen molar-refractivity contribution >= 4 is 15.7 Å². The van der Waals surface area contributed by atoms with E-state index in [-0.39, 0.29) is 38.0 Å². The average Bonchev–Trinajstić information content (AvgIpc) is 2.34. The third-order valence-electron chi connectivity index (χ3n) is 3.56. The third-order valence-corrected chi connectivity index (χ3v) is 5.82. The van der Waals surface area contributed by atoms with Crippen LogP contribution in [-0.2, 0) is 19.4 Å². The van der Waals surface area contributed by atoms with Crippen LogP contribution in [0.1, 0.15) is 19.3 Å². The van der Waals surface area contributed by atoms with Gasteiger partial charge in [0.2, 0.25) is 5.91 Å². The van der Waals surface area contributed by atoms with E-state index in [1.807, 2.05) is 0 Å². The number of sulfone groups is 1. The lowest BCUT2D eigenvalue weighted by Gasteiger charge is -2.35. The number of nitrogens with zero attached hydrogens (tertiary/aromatic N) is 1. The summed E-state index contributed by atoms with van der Waals surface area (Å²) in [5, 5.41) is 8.57. The Kier molecular flexibility index (Phi) is 4.24. The molecule has 2 atom stereocenters. The quantitative estimate of drug-likeness (QED) is 0.728. The minimum absolute atomic E-state index is 0.0714. The number of carbonyl (C=O) groups excluding carboxylic acids is 1. The molecular formula is C11H19NO5S. The SMILES string of the molecule is O=C1COC(CO)CN1CC1CCCCS1(=O)=O. The summed E-state index contributed by atoms with van der Waals surface area (Å²) in [4.78, 5) is 13.2. The highest BCUT2D eigenvalue weighted by atomic mass is 32.2. The molecule has 0 radical (unpaired) electrons. The molecule has 1 amide bonds. The number of rotatable bonds is 3. The van der Waals surface area contributed by atoms with E-state index < -0.39 is 21.2 Å². The maximum atomic E-state index is 11.9. The largest absolute Gasteiger partial charge is 0.394 e. The Morgan fingerprint density at radius 2 is 2.17 bits per heavy atom. The molecule has 2 heterocycles. The van der Waals surface area contributed by atoms with Crippen molar-refractivity contribution in [3.05, 3.63) is 0 Å². The second-order valence-corrected chi connectivity index (χ2v) is 7.30. The molecule has 1 N–H and O–H groups in total. The summed E-state index contributed by atoms with van der Waals surface area (Å²) in [5.41, 5.74) is 0. The second kappa shape index (κ2) is 5.54. The van der Waals surface area contributed by atoms with Crippen LogP contribution in [0.15, 0.2) is 0 Å². The molecular weight excluding hydrogens is 258 g/mol. The van der Waals surface area contributed by atoms with Gasteiger partial charge in [-0.3, -0.25) is 4.79 Å². The molecule has 0 aliphatic carbocycles. The molecule has 2 aliphatic heterocycles. The normalized spacial score (nSPS) is 32.5. The first-order valence-corrected chi connectivity index (χ1v) is 7.96. The van der Waals surface area contributed by atoms with Crippen molar-refractivity contribution in [2.75, 3.05) is 32.1 Å². The van der Waals surface area contributed by atoms with Gasteiger partial charge in [-0.05, 0) is 12.8 Å². The topological polar surface area (TPSA) is 83.9 Å². The first kappa shape index (κ1) is 13.8. The maximum Gasteiger partial charge on any atom is 0.248 e. The molecule has 2 unspecified atom stereocenters. The van der Waals surface area contributed by atoms with Crippen LogP contribution in [-0.4, -0.2) is 67.7 Å². The molecule has 0 bridgehead atoms. The molecule has 104 valence electrons. The molecule has 2 rings (SSSR count). The van der Waals surface area contributed by atoms with Gasteiger partial charge in [-0.1, -0.05) is 6.42 Å². The minimum Gasteiger partial charge on any atom is -0.394 e. The Labute approximate surface area is 107 Å². The summed E-state index contributed by atoms with van der Waals surface area (Å²) in [6.45, 7) is 0.293. The molecule has 0 aromatic heterocycles. The first-order chi connectivity index (χ1) is 8.53. The fourth-order valence-electron chi connectivity index (χ4n) is 2.44. The summed E-state index contributed by atoms with van der Waals surface area (Å²) in [6.07, 6.45) is 1.84. The van der Waals surface area contributed by atoms with Crippen LogP contribution in [0.5, 0.6) is 0 Å². The molecule has 18 heavy (non-hydrogen) atoms. The highest BCUT2D eigenvalue weighted by Crippen LogP contribution is 2.21. The van der Waals surface area contributed by atoms with Crippen molar-refractivity contribution in [1.29, 1.82) is 0 Å². The summed E-state index contributed by atoms with van der Waals surface area (Å²) < 4.78 is 28.9. The third kappa shape index (κ3) is 3.02. The maximum absolute atomic E-state index is 11.9. The summed E-state index contributed by atoms with van der Waals surface area (Å²) in [7, 11) is -3.07. The van der Waals surface area contributed by atoms with Gasteiger partial charge < -0.3 is 14.7 Å². The van der Waals surface area contributed by atoms with Gasteiger partial charge in [0.25, 0.3) is 0 Å². The zero-order chi connectivity index (χ0) is 13.2. The number of amides is 1. The van der Waals surface area contributed by atoms with Gasteiger partial charge in [-0.2, -0.15) is 0 Å². The van der Waals surface area contributed by atoms with Gasteiger partial charge in [0.1, 0.15) is 6.61 Å². The molecule has 2 fully saturated rings. The number of morpholine rings is 1. The van der Waals surface area contributed by atoms with Crippen molar-refractivity contribution in [3.63, 3.8) is 0 Å². The van der Waals surface area contributed by atoms with Crippen LogP contribution in [0.25, 0.3) is 0 Å². The number of carbonyl (C=O) groups is 1. The van der Waals surface area contributed by atoms with Gasteiger partial charge in [0, 0.05) is 13.1 Å². The highest BCUT2D eigenvalue weighted by Gasteiger charge is 2.34. The molecule has 0 spiro atoms. The van der Waals surface area contributed by atoms with Crippen molar-refractivity contribution in [2.24, 2.45) is 0 Å². The number of hydrogen-bond donors (Lipinski definition) is 1. The van der Waals surface area contributed by atoms with E-state index in [1.54, 1.807) is 0 Å². The lowest BCUT2D eigenvalue weighted by molar-refractivity contribution is -0.151. The van der Waals surface area contributed by atoms with Crippen LogP contribution in [0, 0.1) is 0 Å². The molecule has 6 nitrogen and oxygen atoms in total. The van der Waals surface area contributed by atoms with E-state index in [1.165, 1.54) is 4.90 Å². The summed E-state index contributed by atoms with van der Waals surface area (Å²) >= 11 is 0. The van der Waals surface area contributed by atoms with Crippen molar-refractivity contribution in [1.82, 2.24) is 4.90 Å². The van der Waals surface area contributed by atoms with Gasteiger partial charge in [0.15, 0.2) is 9.84 Å². The van der Waals surface area contributed by atoms with Crippen molar-refractivity contribution in [3.8, 4) is 0 Å². The lowest BCUT2D eigenvalue weighted by atomic mass is 10.1.